The molecule has 80 valence electrons. The molecular weight excluding hydrogens is 216 g/mol. The number of halogens is 1. The highest BCUT2D eigenvalue weighted by Crippen LogP contribution is 2.28. The van der Waals surface area contributed by atoms with Crippen molar-refractivity contribution >= 4 is 28.4 Å². The van der Waals surface area contributed by atoms with Gasteiger partial charge in [-0.05, 0) is 13.0 Å². The number of hydrogen-bond donors (Lipinski definition) is 1. The average Bonchev–Trinajstić information content (AvgIpc) is 2.60. The number of nitrogens with zero attached hydrogens (tertiary/aromatic N) is 1. The molecule has 1 heterocycles. The molecule has 0 radical (unpaired) electrons. The SMILES string of the molecule is COC(C)c1nc2cc(Cl)c(N)cc2o1. The summed E-state index contributed by atoms with van der Waals surface area (Å²) in [4.78, 5) is 4.25. The number of methoxy groups -OCH3 is 1. The Labute approximate surface area is 92.0 Å². The molecule has 1 aromatic carbocycles. The molecule has 0 saturated heterocycles. The van der Waals surface area contributed by atoms with Gasteiger partial charge in [-0.2, -0.15) is 0 Å². The van der Waals surface area contributed by atoms with E-state index in [0.29, 0.717) is 27.7 Å². The smallest absolute Gasteiger partial charge is 0.224 e. The van der Waals surface area contributed by atoms with Crippen LogP contribution >= 0.6 is 11.6 Å². The molecule has 15 heavy (non-hydrogen) atoms. The van der Waals surface area contributed by atoms with Gasteiger partial charge < -0.3 is 14.9 Å². The van der Waals surface area contributed by atoms with Crippen LogP contribution in [0, 0.1) is 0 Å². The highest BCUT2D eigenvalue weighted by Gasteiger charge is 2.13. The zero-order chi connectivity index (χ0) is 11.0. The quantitative estimate of drug-likeness (QED) is 0.800. The van der Waals surface area contributed by atoms with E-state index >= 15 is 0 Å². The highest BCUT2D eigenvalue weighted by molar-refractivity contribution is 6.33. The maximum absolute atomic E-state index is 5.87. The van der Waals surface area contributed by atoms with E-state index in [1.165, 1.54) is 0 Å². The Morgan fingerprint density at radius 2 is 2.27 bits per heavy atom. The van der Waals surface area contributed by atoms with E-state index in [2.05, 4.69) is 4.98 Å². The summed E-state index contributed by atoms with van der Waals surface area (Å²) < 4.78 is 10.6. The number of nitrogens with two attached hydrogens (primary N) is 1. The van der Waals surface area contributed by atoms with Gasteiger partial charge in [0.1, 0.15) is 11.6 Å². The summed E-state index contributed by atoms with van der Waals surface area (Å²) in [5.41, 5.74) is 7.45. The van der Waals surface area contributed by atoms with Gasteiger partial charge in [-0.25, -0.2) is 4.98 Å². The number of nitrogen functional groups attached to an aromatic ring is 1. The highest BCUT2D eigenvalue weighted by atomic mass is 35.5. The number of anilines is 1. The predicted octanol–water partition coefficient (Wildman–Crippen LogP) is 2.77. The fourth-order valence-electron chi connectivity index (χ4n) is 1.26. The van der Waals surface area contributed by atoms with Crippen LogP contribution in [0.15, 0.2) is 16.5 Å². The van der Waals surface area contributed by atoms with Crippen LogP contribution in [0.5, 0.6) is 0 Å². The Morgan fingerprint density at radius 3 is 2.93 bits per heavy atom. The van der Waals surface area contributed by atoms with Gasteiger partial charge in [0.05, 0.1) is 10.7 Å². The summed E-state index contributed by atoms with van der Waals surface area (Å²) >= 11 is 5.87. The van der Waals surface area contributed by atoms with Crippen molar-refractivity contribution in [2.45, 2.75) is 13.0 Å². The number of oxazole rings is 1. The van der Waals surface area contributed by atoms with E-state index in [-0.39, 0.29) is 6.10 Å². The molecule has 1 unspecified atom stereocenters. The molecule has 2 aromatic rings. The average molecular weight is 227 g/mol. The molecule has 1 aromatic heterocycles. The molecule has 0 aliphatic carbocycles. The molecular formula is C10H11ClN2O2. The van der Waals surface area contributed by atoms with Crippen LogP contribution in [0.3, 0.4) is 0 Å². The van der Waals surface area contributed by atoms with E-state index in [9.17, 15) is 0 Å². The lowest BCUT2D eigenvalue weighted by molar-refractivity contribution is 0.0964. The molecule has 2 rings (SSSR count). The minimum absolute atomic E-state index is 0.183. The third-order valence-corrected chi connectivity index (χ3v) is 2.55. The Hall–Kier alpha value is -1.26. The van der Waals surface area contributed by atoms with Gasteiger partial charge >= 0.3 is 0 Å². The van der Waals surface area contributed by atoms with Crippen molar-refractivity contribution in [3.8, 4) is 0 Å². The van der Waals surface area contributed by atoms with Gasteiger partial charge in [-0.3, -0.25) is 0 Å². The van der Waals surface area contributed by atoms with Crippen LogP contribution in [0.4, 0.5) is 5.69 Å². The standard InChI is InChI=1S/C10H11ClN2O2/c1-5(14-2)10-13-8-3-6(11)7(12)4-9(8)15-10/h3-5H,12H2,1-2H3. The first-order chi connectivity index (χ1) is 7.11. The lowest BCUT2D eigenvalue weighted by Crippen LogP contribution is -1.94. The van der Waals surface area contributed by atoms with E-state index < -0.39 is 0 Å². The lowest BCUT2D eigenvalue weighted by Gasteiger charge is -2.01. The van der Waals surface area contributed by atoms with Crippen molar-refractivity contribution in [3.05, 3.63) is 23.0 Å². The number of ether oxygens (including phenoxy) is 1. The third kappa shape index (κ3) is 1.78. The Bertz CT molecular complexity index is 456. The number of rotatable bonds is 2. The normalized spacial score (nSPS) is 13.3. The van der Waals surface area contributed by atoms with E-state index in [0.717, 1.165) is 0 Å². The number of benzene rings is 1. The van der Waals surface area contributed by atoms with Crippen molar-refractivity contribution in [2.24, 2.45) is 0 Å². The first kappa shape index (κ1) is 10.3. The maximum Gasteiger partial charge on any atom is 0.224 e. The van der Waals surface area contributed by atoms with E-state index in [1.807, 2.05) is 6.92 Å². The van der Waals surface area contributed by atoms with Gasteiger partial charge in [-0.15, -0.1) is 0 Å². The zero-order valence-corrected chi connectivity index (χ0v) is 9.21. The van der Waals surface area contributed by atoms with Crippen molar-refractivity contribution in [1.82, 2.24) is 4.98 Å². The first-order valence-corrected chi connectivity index (χ1v) is 4.88. The number of hydrogen-bond acceptors (Lipinski definition) is 4. The predicted molar refractivity (Wildman–Crippen MR) is 58.9 cm³/mol. The van der Waals surface area contributed by atoms with Crippen LogP contribution in [0.1, 0.15) is 18.9 Å². The monoisotopic (exact) mass is 226 g/mol. The Balaban J connectivity index is 2.56. The van der Waals surface area contributed by atoms with Crippen molar-refractivity contribution in [2.75, 3.05) is 12.8 Å². The molecule has 0 saturated carbocycles. The molecule has 2 N–H and O–H groups in total. The molecule has 4 nitrogen and oxygen atoms in total. The van der Waals surface area contributed by atoms with Crippen LogP contribution < -0.4 is 5.73 Å². The molecule has 0 spiro atoms. The molecule has 5 heteroatoms. The molecule has 1 atom stereocenters. The van der Waals surface area contributed by atoms with Crippen LogP contribution in [0.2, 0.25) is 5.02 Å². The number of aromatic nitrogens is 1. The first-order valence-electron chi connectivity index (χ1n) is 4.50. The number of fused-ring (bicyclic) bond motifs is 1. The van der Waals surface area contributed by atoms with Crippen molar-refractivity contribution in [3.63, 3.8) is 0 Å². The van der Waals surface area contributed by atoms with E-state index in [1.54, 1.807) is 19.2 Å². The van der Waals surface area contributed by atoms with E-state index in [4.69, 9.17) is 26.5 Å². The fraction of sp³-hybridized carbons (Fsp3) is 0.300. The fourth-order valence-corrected chi connectivity index (χ4v) is 1.41. The topological polar surface area (TPSA) is 61.3 Å². The van der Waals surface area contributed by atoms with Gasteiger partial charge in [-0.1, -0.05) is 11.6 Å². The van der Waals surface area contributed by atoms with Crippen LogP contribution in [-0.4, -0.2) is 12.1 Å². The second kappa shape index (κ2) is 3.72. The summed E-state index contributed by atoms with van der Waals surface area (Å²) in [5.74, 6) is 0.522. The summed E-state index contributed by atoms with van der Waals surface area (Å²) in [5, 5.41) is 0.479. The minimum Gasteiger partial charge on any atom is -0.438 e. The minimum atomic E-state index is -0.183. The Kier molecular flexibility index (Phi) is 2.54. The van der Waals surface area contributed by atoms with Crippen molar-refractivity contribution < 1.29 is 9.15 Å². The largest absolute Gasteiger partial charge is 0.438 e. The van der Waals surface area contributed by atoms with Gasteiger partial charge in [0.2, 0.25) is 5.89 Å². The lowest BCUT2D eigenvalue weighted by atomic mass is 10.3. The summed E-state index contributed by atoms with van der Waals surface area (Å²) in [6, 6.07) is 3.35. The maximum atomic E-state index is 5.87. The second-order valence-electron chi connectivity index (χ2n) is 3.27. The molecule has 0 aliphatic rings. The van der Waals surface area contributed by atoms with Gasteiger partial charge in [0.15, 0.2) is 5.58 Å². The van der Waals surface area contributed by atoms with Crippen LogP contribution in [-0.2, 0) is 4.74 Å². The zero-order valence-electron chi connectivity index (χ0n) is 8.45. The molecule has 0 bridgehead atoms. The summed E-state index contributed by atoms with van der Waals surface area (Å²) in [6.07, 6.45) is -0.183. The van der Waals surface area contributed by atoms with Gasteiger partial charge in [0.25, 0.3) is 0 Å². The summed E-state index contributed by atoms with van der Waals surface area (Å²) in [7, 11) is 1.60. The molecule has 0 aliphatic heterocycles. The summed E-state index contributed by atoms with van der Waals surface area (Å²) in [6.45, 7) is 1.86. The second-order valence-corrected chi connectivity index (χ2v) is 3.68. The van der Waals surface area contributed by atoms with Gasteiger partial charge in [0, 0.05) is 13.2 Å². The third-order valence-electron chi connectivity index (χ3n) is 2.22. The van der Waals surface area contributed by atoms with Crippen LogP contribution in [0.25, 0.3) is 11.1 Å². The van der Waals surface area contributed by atoms with Crippen molar-refractivity contribution in [1.29, 1.82) is 0 Å². The molecule has 0 fully saturated rings. The molecule has 0 amide bonds. The Morgan fingerprint density at radius 1 is 1.53 bits per heavy atom.